The first-order valence-corrected chi connectivity index (χ1v) is 13.0. The van der Waals surface area contributed by atoms with E-state index in [4.69, 9.17) is 15.5 Å². The Balaban J connectivity index is 1.33. The van der Waals surface area contributed by atoms with E-state index >= 15 is 0 Å². The number of likely N-dealkylation sites (tertiary alicyclic amines) is 1. The van der Waals surface area contributed by atoms with Crippen molar-refractivity contribution in [1.82, 2.24) is 19.8 Å². The molecule has 1 fully saturated rings. The lowest BCUT2D eigenvalue weighted by Gasteiger charge is -2.33. The van der Waals surface area contributed by atoms with Crippen LogP contribution in [0, 0.1) is 11.3 Å². The van der Waals surface area contributed by atoms with E-state index in [0.29, 0.717) is 30.9 Å². The average Bonchev–Trinajstić information content (AvgIpc) is 3.31. The van der Waals surface area contributed by atoms with Gasteiger partial charge in [-0.1, -0.05) is 24.3 Å². The summed E-state index contributed by atoms with van der Waals surface area (Å²) in [5, 5.41) is 14.5. The summed E-state index contributed by atoms with van der Waals surface area (Å²) < 4.78 is 7.53. The molecule has 3 amide bonds. The number of rotatable bonds is 10. The Morgan fingerprint density at radius 2 is 2.03 bits per heavy atom. The van der Waals surface area contributed by atoms with E-state index in [9.17, 15) is 14.9 Å². The zero-order valence-corrected chi connectivity index (χ0v) is 21.7. The standard InChI is InChI=1S/C28H35N7O3/c1-38-15-7-14-35-25-12-5-4-11-24(25)32-27(35)21-9-6-13-34(19-21)26(36)16-22(30)18-31-28(37)33-23-10-3-2-8-20(23)17-29/h2-5,8,10-12,21-22H,6-7,9,13-16,18-19,30H2,1H3,(H2,31,33,37). The maximum Gasteiger partial charge on any atom is 0.319 e. The molecule has 2 atom stereocenters. The Hall–Kier alpha value is -3.94. The number of urea groups is 1. The highest BCUT2D eigenvalue weighted by Crippen LogP contribution is 2.30. The van der Waals surface area contributed by atoms with Gasteiger partial charge in [0.25, 0.3) is 0 Å². The minimum absolute atomic E-state index is 0.0266. The minimum atomic E-state index is -0.529. The number of methoxy groups -OCH3 is 1. The summed E-state index contributed by atoms with van der Waals surface area (Å²) in [4.78, 5) is 32.2. The molecule has 2 heterocycles. The molecule has 0 bridgehead atoms. The van der Waals surface area contributed by atoms with Gasteiger partial charge in [-0.05, 0) is 43.5 Å². The number of amides is 3. The van der Waals surface area contributed by atoms with E-state index in [1.54, 1.807) is 31.4 Å². The van der Waals surface area contributed by atoms with Crippen molar-refractivity contribution >= 4 is 28.7 Å². The summed E-state index contributed by atoms with van der Waals surface area (Å²) in [7, 11) is 1.71. The molecule has 2 aromatic carbocycles. The van der Waals surface area contributed by atoms with E-state index in [2.05, 4.69) is 21.3 Å². The van der Waals surface area contributed by atoms with E-state index in [0.717, 1.165) is 42.7 Å². The number of fused-ring (bicyclic) bond motifs is 1. The van der Waals surface area contributed by atoms with Gasteiger partial charge in [0.1, 0.15) is 11.9 Å². The van der Waals surface area contributed by atoms with Crippen molar-refractivity contribution in [3.05, 3.63) is 59.9 Å². The fourth-order valence-electron chi connectivity index (χ4n) is 4.93. The lowest BCUT2D eigenvalue weighted by molar-refractivity contribution is -0.132. The quantitative estimate of drug-likeness (QED) is 0.353. The number of hydrogen-bond donors (Lipinski definition) is 3. The highest BCUT2D eigenvalue weighted by Gasteiger charge is 2.29. The van der Waals surface area contributed by atoms with Crippen molar-refractivity contribution in [2.75, 3.05) is 38.7 Å². The normalized spacial score (nSPS) is 16.1. The second kappa shape index (κ2) is 13.0. The molecule has 200 valence electrons. The van der Waals surface area contributed by atoms with Gasteiger partial charge >= 0.3 is 6.03 Å². The number of carbonyl (C=O) groups is 2. The van der Waals surface area contributed by atoms with Gasteiger partial charge in [0, 0.05) is 58.3 Å². The number of nitrogens with zero attached hydrogens (tertiary/aromatic N) is 4. The van der Waals surface area contributed by atoms with Gasteiger partial charge in [0.15, 0.2) is 0 Å². The Kier molecular flexibility index (Phi) is 9.30. The number of nitriles is 1. The number of para-hydroxylation sites is 3. The van der Waals surface area contributed by atoms with Crippen molar-refractivity contribution < 1.29 is 14.3 Å². The number of piperidine rings is 1. The number of ether oxygens (including phenoxy) is 1. The number of benzene rings is 2. The molecule has 1 aliphatic heterocycles. The highest BCUT2D eigenvalue weighted by molar-refractivity contribution is 5.90. The first-order valence-electron chi connectivity index (χ1n) is 13.0. The summed E-state index contributed by atoms with van der Waals surface area (Å²) in [5.41, 5.74) is 9.06. The number of aryl methyl sites for hydroxylation is 1. The molecular formula is C28H35N7O3. The van der Waals surface area contributed by atoms with Crippen LogP contribution in [0.4, 0.5) is 10.5 Å². The molecule has 10 heteroatoms. The van der Waals surface area contributed by atoms with Crippen LogP contribution in [-0.2, 0) is 16.1 Å². The number of carbonyl (C=O) groups excluding carboxylic acids is 2. The minimum Gasteiger partial charge on any atom is -0.385 e. The molecule has 0 spiro atoms. The monoisotopic (exact) mass is 517 g/mol. The third kappa shape index (κ3) is 6.68. The molecule has 0 saturated carbocycles. The molecule has 1 aromatic heterocycles. The Morgan fingerprint density at radius 3 is 2.84 bits per heavy atom. The molecule has 0 radical (unpaired) electrons. The number of anilines is 1. The van der Waals surface area contributed by atoms with Crippen molar-refractivity contribution in [3.8, 4) is 6.07 Å². The number of imidazole rings is 1. The van der Waals surface area contributed by atoms with Gasteiger partial charge in [-0.15, -0.1) is 0 Å². The molecule has 1 aliphatic rings. The molecule has 2 unspecified atom stereocenters. The third-order valence-corrected chi connectivity index (χ3v) is 6.81. The van der Waals surface area contributed by atoms with Crippen LogP contribution in [0.1, 0.15) is 43.0 Å². The Bertz CT molecular complexity index is 1300. The zero-order chi connectivity index (χ0) is 26.9. The SMILES string of the molecule is COCCCn1c(C2CCCN(C(=O)CC(N)CNC(=O)Nc3ccccc3C#N)C2)nc2ccccc21. The van der Waals surface area contributed by atoms with Gasteiger partial charge in [-0.2, -0.15) is 5.26 Å². The van der Waals surface area contributed by atoms with Gasteiger partial charge in [-0.3, -0.25) is 4.79 Å². The molecular weight excluding hydrogens is 482 g/mol. The Morgan fingerprint density at radius 1 is 1.24 bits per heavy atom. The number of hydrogen-bond acceptors (Lipinski definition) is 6. The fourth-order valence-corrected chi connectivity index (χ4v) is 4.93. The second-order valence-electron chi connectivity index (χ2n) is 9.59. The highest BCUT2D eigenvalue weighted by atomic mass is 16.5. The van der Waals surface area contributed by atoms with Crippen LogP contribution in [0.3, 0.4) is 0 Å². The first kappa shape index (κ1) is 27.1. The lowest BCUT2D eigenvalue weighted by Crippen LogP contribution is -2.45. The smallest absolute Gasteiger partial charge is 0.319 e. The zero-order valence-electron chi connectivity index (χ0n) is 21.7. The molecule has 0 aliphatic carbocycles. The number of aromatic nitrogens is 2. The maximum atomic E-state index is 13.1. The molecule has 4 N–H and O–H groups in total. The Labute approximate surface area is 222 Å². The molecule has 38 heavy (non-hydrogen) atoms. The van der Waals surface area contributed by atoms with Crippen LogP contribution in [0.5, 0.6) is 0 Å². The molecule has 3 aromatic rings. The van der Waals surface area contributed by atoms with E-state index in [1.807, 2.05) is 29.2 Å². The van der Waals surface area contributed by atoms with Crippen LogP contribution < -0.4 is 16.4 Å². The van der Waals surface area contributed by atoms with E-state index in [1.165, 1.54) is 0 Å². The summed E-state index contributed by atoms with van der Waals surface area (Å²) in [6, 6.07) is 15.9. The predicted molar refractivity (Wildman–Crippen MR) is 146 cm³/mol. The van der Waals surface area contributed by atoms with Crippen LogP contribution >= 0.6 is 0 Å². The van der Waals surface area contributed by atoms with Gasteiger partial charge < -0.3 is 30.6 Å². The molecule has 1 saturated heterocycles. The number of nitrogens with one attached hydrogen (secondary N) is 2. The number of nitrogens with two attached hydrogens (primary N) is 1. The summed E-state index contributed by atoms with van der Waals surface area (Å²) >= 11 is 0. The van der Waals surface area contributed by atoms with Gasteiger partial charge in [0.2, 0.25) is 5.91 Å². The molecule has 10 nitrogen and oxygen atoms in total. The van der Waals surface area contributed by atoms with E-state index < -0.39 is 12.1 Å². The molecule has 4 rings (SSSR count). The van der Waals surface area contributed by atoms with Crippen LogP contribution in [0.25, 0.3) is 11.0 Å². The fraction of sp³-hybridized carbons (Fsp3) is 0.429. The van der Waals surface area contributed by atoms with Gasteiger partial charge in [0.05, 0.1) is 22.3 Å². The van der Waals surface area contributed by atoms with Crippen molar-refractivity contribution in [2.24, 2.45) is 5.73 Å². The topological polar surface area (TPSA) is 138 Å². The lowest BCUT2D eigenvalue weighted by atomic mass is 9.96. The second-order valence-corrected chi connectivity index (χ2v) is 9.59. The van der Waals surface area contributed by atoms with Crippen molar-refractivity contribution in [1.29, 1.82) is 5.26 Å². The van der Waals surface area contributed by atoms with Crippen molar-refractivity contribution in [3.63, 3.8) is 0 Å². The van der Waals surface area contributed by atoms with Crippen LogP contribution in [0.2, 0.25) is 0 Å². The van der Waals surface area contributed by atoms with Crippen molar-refractivity contribution in [2.45, 2.75) is 44.2 Å². The summed E-state index contributed by atoms with van der Waals surface area (Å²) in [5.74, 6) is 1.13. The average molecular weight is 518 g/mol. The first-order chi connectivity index (χ1) is 18.5. The maximum absolute atomic E-state index is 13.1. The summed E-state index contributed by atoms with van der Waals surface area (Å²) in [6.45, 7) is 2.91. The van der Waals surface area contributed by atoms with Crippen LogP contribution in [-0.4, -0.2) is 65.8 Å². The van der Waals surface area contributed by atoms with Crippen LogP contribution in [0.15, 0.2) is 48.5 Å². The van der Waals surface area contributed by atoms with E-state index in [-0.39, 0.29) is 24.8 Å². The predicted octanol–water partition coefficient (Wildman–Crippen LogP) is 3.19. The largest absolute Gasteiger partial charge is 0.385 e. The third-order valence-electron chi connectivity index (χ3n) is 6.81. The summed E-state index contributed by atoms with van der Waals surface area (Å²) in [6.07, 6.45) is 2.88. The van der Waals surface area contributed by atoms with Gasteiger partial charge in [-0.25, -0.2) is 9.78 Å².